The van der Waals surface area contributed by atoms with Crippen LogP contribution in [0.25, 0.3) is 11.0 Å². The second kappa shape index (κ2) is 7.71. The zero-order valence-corrected chi connectivity index (χ0v) is 16.7. The van der Waals surface area contributed by atoms with Crippen LogP contribution in [0.5, 0.6) is 5.75 Å². The molecule has 3 rings (SSSR count). The molecule has 6 nitrogen and oxygen atoms in total. The van der Waals surface area contributed by atoms with Crippen molar-refractivity contribution in [1.82, 2.24) is 14.1 Å². The van der Waals surface area contributed by atoms with E-state index in [4.69, 9.17) is 40.2 Å². The van der Waals surface area contributed by atoms with E-state index < -0.39 is 5.91 Å². The number of halogens is 2. The highest BCUT2D eigenvalue weighted by atomic mass is 35.5. The smallest absolute Gasteiger partial charge is 0.261 e. The Morgan fingerprint density at radius 3 is 2.77 bits per heavy atom. The molecule has 0 spiro atoms. The predicted octanol–water partition coefficient (Wildman–Crippen LogP) is 4.44. The predicted molar refractivity (Wildman–Crippen MR) is 109 cm³/mol. The fourth-order valence-corrected chi connectivity index (χ4v) is 3.67. The molecule has 0 atom stereocenters. The molecule has 10 heteroatoms. The summed E-state index contributed by atoms with van der Waals surface area (Å²) in [6, 6.07) is 6.73. The van der Waals surface area contributed by atoms with Gasteiger partial charge < -0.3 is 10.1 Å². The maximum atomic E-state index is 12.6. The monoisotopic (exact) mass is 426 g/mol. The SMILES string of the molecule is COc1c(Cl)cc(Cl)cc1C(=O)NC(=S)Nc1c(C)ccc2nsnc12. The van der Waals surface area contributed by atoms with Gasteiger partial charge in [0.15, 0.2) is 5.11 Å². The maximum absolute atomic E-state index is 12.6. The van der Waals surface area contributed by atoms with Gasteiger partial charge in [-0.05, 0) is 42.9 Å². The number of nitrogens with zero attached hydrogens (tertiary/aromatic N) is 2. The first-order valence-electron chi connectivity index (χ1n) is 7.28. The Labute approximate surface area is 168 Å². The van der Waals surface area contributed by atoms with Crippen LogP contribution in [0.3, 0.4) is 0 Å². The third-order valence-corrected chi connectivity index (χ3v) is 4.80. The lowest BCUT2D eigenvalue weighted by Gasteiger charge is -2.14. The number of rotatable bonds is 3. The van der Waals surface area contributed by atoms with Crippen molar-refractivity contribution in [2.45, 2.75) is 6.92 Å². The zero-order chi connectivity index (χ0) is 18.8. The molecule has 0 aliphatic rings. The van der Waals surface area contributed by atoms with Crippen LogP contribution in [-0.2, 0) is 0 Å². The van der Waals surface area contributed by atoms with Gasteiger partial charge in [-0.25, -0.2) is 0 Å². The van der Waals surface area contributed by atoms with Crippen molar-refractivity contribution in [2.24, 2.45) is 0 Å². The average Bonchev–Trinajstić information content (AvgIpc) is 3.05. The fourth-order valence-electron chi connectivity index (χ4n) is 2.36. The Bertz CT molecular complexity index is 1020. The number of methoxy groups -OCH3 is 1. The molecule has 26 heavy (non-hydrogen) atoms. The second-order valence-electron chi connectivity index (χ2n) is 5.27. The van der Waals surface area contributed by atoms with Crippen molar-refractivity contribution in [1.29, 1.82) is 0 Å². The molecule has 1 aromatic heterocycles. The molecule has 0 unspecified atom stereocenters. The number of aryl methyl sites for hydroxylation is 1. The molecule has 0 saturated carbocycles. The van der Waals surface area contributed by atoms with E-state index in [0.29, 0.717) is 16.2 Å². The van der Waals surface area contributed by atoms with E-state index in [9.17, 15) is 4.79 Å². The summed E-state index contributed by atoms with van der Waals surface area (Å²) in [5.41, 5.74) is 3.23. The summed E-state index contributed by atoms with van der Waals surface area (Å²) in [6.07, 6.45) is 0. The summed E-state index contributed by atoms with van der Waals surface area (Å²) in [7, 11) is 1.42. The Morgan fingerprint density at radius 2 is 2.04 bits per heavy atom. The van der Waals surface area contributed by atoms with Crippen molar-refractivity contribution in [2.75, 3.05) is 12.4 Å². The first-order chi connectivity index (χ1) is 12.4. The number of aromatic nitrogens is 2. The number of amides is 1. The minimum absolute atomic E-state index is 0.108. The van der Waals surface area contributed by atoms with Gasteiger partial charge >= 0.3 is 0 Å². The van der Waals surface area contributed by atoms with E-state index in [-0.39, 0.29) is 21.4 Å². The van der Waals surface area contributed by atoms with Crippen molar-refractivity contribution in [3.05, 3.63) is 45.4 Å². The number of fused-ring (bicyclic) bond motifs is 1. The van der Waals surface area contributed by atoms with Gasteiger partial charge in [0.05, 0.1) is 35.1 Å². The van der Waals surface area contributed by atoms with Crippen molar-refractivity contribution >= 4 is 74.9 Å². The van der Waals surface area contributed by atoms with Crippen LogP contribution in [0.15, 0.2) is 24.3 Å². The third-order valence-electron chi connectivity index (χ3n) is 3.56. The molecule has 134 valence electrons. The van der Waals surface area contributed by atoms with E-state index in [1.54, 1.807) is 0 Å². The number of nitrogens with one attached hydrogen (secondary N) is 2. The lowest BCUT2D eigenvalue weighted by Crippen LogP contribution is -2.34. The normalized spacial score (nSPS) is 10.6. The number of benzene rings is 2. The molecule has 1 heterocycles. The number of anilines is 1. The standard InChI is InChI=1S/C16H12Cl2N4O2S2/c1-7-3-4-11-13(22-26-21-11)12(7)19-16(25)20-15(23)9-5-8(17)6-10(18)14(9)24-2/h3-6H,1-2H3,(H2,19,20,23,25). The van der Waals surface area contributed by atoms with Gasteiger partial charge in [0.25, 0.3) is 5.91 Å². The van der Waals surface area contributed by atoms with E-state index >= 15 is 0 Å². The first kappa shape index (κ1) is 18.8. The second-order valence-corrected chi connectivity index (χ2v) is 7.05. The van der Waals surface area contributed by atoms with Gasteiger partial charge in [-0.3, -0.25) is 10.1 Å². The van der Waals surface area contributed by atoms with Crippen LogP contribution in [0.2, 0.25) is 10.0 Å². The molecule has 0 fully saturated rings. The topological polar surface area (TPSA) is 76.1 Å². The minimum atomic E-state index is -0.495. The summed E-state index contributed by atoms with van der Waals surface area (Å²) in [6.45, 7) is 1.91. The molecular formula is C16H12Cl2N4O2S2. The molecule has 0 bridgehead atoms. The van der Waals surface area contributed by atoms with Crippen molar-refractivity contribution < 1.29 is 9.53 Å². The molecule has 2 N–H and O–H groups in total. The van der Waals surface area contributed by atoms with Gasteiger partial charge in [0.1, 0.15) is 16.8 Å². The molecule has 3 aromatic rings. The molecule has 0 aliphatic carbocycles. The molecule has 2 aromatic carbocycles. The van der Waals surface area contributed by atoms with Crippen molar-refractivity contribution in [3.63, 3.8) is 0 Å². The first-order valence-corrected chi connectivity index (χ1v) is 9.17. The Balaban J connectivity index is 1.83. The fraction of sp³-hybridized carbons (Fsp3) is 0.125. The summed E-state index contributed by atoms with van der Waals surface area (Å²) >= 11 is 18.4. The third kappa shape index (κ3) is 3.73. The number of carbonyl (C=O) groups excluding carboxylic acids is 1. The van der Waals surface area contributed by atoms with Crippen LogP contribution >= 0.6 is 47.1 Å². The van der Waals surface area contributed by atoms with Gasteiger partial charge in [0.2, 0.25) is 0 Å². The quantitative estimate of drug-likeness (QED) is 0.602. The van der Waals surface area contributed by atoms with Gasteiger partial charge in [-0.15, -0.1) is 0 Å². The maximum Gasteiger partial charge on any atom is 0.261 e. The van der Waals surface area contributed by atoms with Crippen LogP contribution in [0, 0.1) is 6.92 Å². The number of hydrogen-bond acceptors (Lipinski definition) is 6. The highest BCUT2D eigenvalue weighted by Gasteiger charge is 2.18. The largest absolute Gasteiger partial charge is 0.494 e. The van der Waals surface area contributed by atoms with Crippen molar-refractivity contribution in [3.8, 4) is 5.75 Å². The highest BCUT2D eigenvalue weighted by Crippen LogP contribution is 2.32. The van der Waals surface area contributed by atoms with Crippen LogP contribution in [0.4, 0.5) is 5.69 Å². The molecule has 0 aliphatic heterocycles. The highest BCUT2D eigenvalue weighted by molar-refractivity contribution is 7.80. The number of thiocarbonyl (C=S) groups is 1. The van der Waals surface area contributed by atoms with Gasteiger partial charge in [0, 0.05) is 5.02 Å². The summed E-state index contributed by atoms with van der Waals surface area (Å²) < 4.78 is 13.6. The van der Waals surface area contributed by atoms with E-state index in [2.05, 4.69) is 19.4 Å². The number of ether oxygens (including phenoxy) is 1. The summed E-state index contributed by atoms with van der Waals surface area (Å²) in [5.74, 6) is -0.275. The van der Waals surface area contributed by atoms with Gasteiger partial charge in [-0.1, -0.05) is 29.3 Å². The summed E-state index contributed by atoms with van der Waals surface area (Å²) in [5, 5.41) is 6.26. The average molecular weight is 427 g/mol. The van der Waals surface area contributed by atoms with Gasteiger partial charge in [-0.2, -0.15) is 8.75 Å². The molecular weight excluding hydrogens is 415 g/mol. The number of hydrogen-bond donors (Lipinski definition) is 2. The summed E-state index contributed by atoms with van der Waals surface area (Å²) in [4.78, 5) is 12.6. The number of carbonyl (C=O) groups is 1. The van der Waals surface area contributed by atoms with Crippen LogP contribution in [-0.4, -0.2) is 26.9 Å². The Morgan fingerprint density at radius 1 is 1.27 bits per heavy atom. The van der Waals surface area contributed by atoms with Crippen LogP contribution in [0.1, 0.15) is 15.9 Å². The Hall–Kier alpha value is -2.00. The molecule has 0 radical (unpaired) electrons. The van der Waals surface area contributed by atoms with E-state index in [1.807, 2.05) is 19.1 Å². The Kier molecular flexibility index (Phi) is 5.57. The van der Waals surface area contributed by atoms with E-state index in [1.165, 1.54) is 19.2 Å². The lowest BCUT2D eigenvalue weighted by atomic mass is 10.1. The van der Waals surface area contributed by atoms with Crippen LogP contribution < -0.4 is 15.4 Å². The molecule has 0 saturated heterocycles. The molecule has 1 amide bonds. The zero-order valence-electron chi connectivity index (χ0n) is 13.6. The lowest BCUT2D eigenvalue weighted by molar-refractivity contribution is 0.0975. The minimum Gasteiger partial charge on any atom is -0.494 e. The van der Waals surface area contributed by atoms with E-state index in [0.717, 1.165) is 22.8 Å².